The number of likely N-dealkylation sites (N-methyl/N-ethyl adjacent to an activating group) is 1. The largest absolute Gasteiger partial charge is 0.477 e. The number of aromatic nitrogens is 1. The maximum atomic E-state index is 14.5. The SMILES string of the molecule is CC[C@H]1OC(=O)[C@H](C)[C@@H](O[C@H]2C[C@@](C)(OC)[C@@H](OC(=O)NCCOCCCc3ccc4c(c3)c(=O)c(C(=O)O)cn4N(C)C)[C@H](C)O2)[C@H](C)[C@@H](O[C@@H]2O[C@H](C)C[C@H](N(C)C)[C@H]2O)[C@](C)(O)CC(C)/C(=N\OCN)[C@@H](O)[C@]1(C)O. The minimum Gasteiger partial charge on any atom is -0.477 e. The van der Waals surface area contributed by atoms with Crippen molar-refractivity contribution in [2.45, 2.75) is 185 Å². The molecule has 24 nitrogen and oxygen atoms in total. The second-order valence-electron chi connectivity index (χ2n) is 22.3. The van der Waals surface area contributed by atoms with E-state index in [1.807, 2.05) is 32.0 Å². The van der Waals surface area contributed by atoms with Crippen molar-refractivity contribution >= 4 is 34.6 Å². The number of esters is 1. The Labute approximate surface area is 457 Å². The highest BCUT2D eigenvalue weighted by molar-refractivity contribution is 5.93. The number of aliphatic hydroxyl groups excluding tert-OH is 2. The van der Waals surface area contributed by atoms with Gasteiger partial charge in [-0.15, -0.1) is 0 Å². The highest BCUT2D eigenvalue weighted by Crippen LogP contribution is 2.41. The van der Waals surface area contributed by atoms with Crippen LogP contribution < -0.4 is 21.5 Å². The van der Waals surface area contributed by atoms with E-state index in [2.05, 4.69) is 10.5 Å². The van der Waals surface area contributed by atoms with Crippen LogP contribution in [0.15, 0.2) is 34.3 Å². The first-order valence-electron chi connectivity index (χ1n) is 26.9. The lowest BCUT2D eigenvalue weighted by molar-refractivity contribution is -0.317. The van der Waals surface area contributed by atoms with E-state index in [1.54, 1.807) is 77.5 Å². The van der Waals surface area contributed by atoms with Crippen molar-refractivity contribution in [3.8, 4) is 0 Å². The summed E-state index contributed by atoms with van der Waals surface area (Å²) in [6.45, 7) is 15.0. The third kappa shape index (κ3) is 15.1. The van der Waals surface area contributed by atoms with Gasteiger partial charge in [0.05, 0.1) is 53.8 Å². The molecule has 3 aliphatic heterocycles. The molecule has 0 bridgehead atoms. The topological polar surface area (TPSA) is 314 Å². The molecule has 3 saturated heterocycles. The van der Waals surface area contributed by atoms with Gasteiger partial charge < -0.3 is 83.5 Å². The smallest absolute Gasteiger partial charge is 0.407 e. The van der Waals surface area contributed by atoms with Gasteiger partial charge in [-0.2, -0.15) is 0 Å². The number of benzene rings is 1. The third-order valence-corrected chi connectivity index (χ3v) is 15.6. The number of nitrogens with zero attached hydrogens (tertiary/aromatic N) is 4. The van der Waals surface area contributed by atoms with Gasteiger partial charge >= 0.3 is 18.0 Å². The summed E-state index contributed by atoms with van der Waals surface area (Å²) in [7, 11) is 8.63. The van der Waals surface area contributed by atoms with Gasteiger partial charge in [-0.25, -0.2) is 9.59 Å². The van der Waals surface area contributed by atoms with Crippen molar-refractivity contribution in [2.75, 3.05) is 66.8 Å². The Morgan fingerprint density at radius 1 is 0.974 bits per heavy atom. The van der Waals surface area contributed by atoms with E-state index in [0.717, 1.165) is 5.56 Å². The number of alkyl carbamates (subject to hydrolysis) is 1. The molecule has 442 valence electrons. The number of hydrogen-bond acceptors (Lipinski definition) is 21. The van der Waals surface area contributed by atoms with E-state index in [9.17, 15) is 44.7 Å². The molecule has 8 N–H and O–H groups in total. The first-order chi connectivity index (χ1) is 36.5. The Hall–Kier alpha value is -4.57. The van der Waals surface area contributed by atoms with Crippen LogP contribution in [0.1, 0.15) is 110 Å². The number of amides is 1. The zero-order valence-electron chi connectivity index (χ0n) is 47.9. The van der Waals surface area contributed by atoms with Crippen molar-refractivity contribution in [3.63, 3.8) is 0 Å². The predicted octanol–water partition coefficient (Wildman–Crippen LogP) is 2.46. The molecule has 4 heterocycles. The Balaban J connectivity index is 1.32. The van der Waals surface area contributed by atoms with Crippen LogP contribution in [0, 0.1) is 17.8 Å². The van der Waals surface area contributed by atoms with Gasteiger partial charge in [0.2, 0.25) is 5.43 Å². The van der Waals surface area contributed by atoms with Crippen molar-refractivity contribution in [2.24, 2.45) is 28.6 Å². The summed E-state index contributed by atoms with van der Waals surface area (Å²) in [6, 6.07) is 4.98. The number of fused-ring (bicyclic) bond motifs is 1. The summed E-state index contributed by atoms with van der Waals surface area (Å²) in [6.07, 6.45) is -9.18. The second-order valence-corrected chi connectivity index (χ2v) is 22.3. The average molecular weight is 1110 g/mol. The van der Waals surface area contributed by atoms with E-state index in [1.165, 1.54) is 27.2 Å². The Morgan fingerprint density at radius 3 is 2.28 bits per heavy atom. The molecule has 3 fully saturated rings. The molecule has 1 aromatic heterocycles. The van der Waals surface area contributed by atoms with Crippen molar-refractivity contribution in [3.05, 3.63) is 45.7 Å². The van der Waals surface area contributed by atoms with Gasteiger partial charge in [-0.05, 0) is 105 Å². The second kappa shape index (κ2) is 27.3. The number of cyclic esters (lactones) is 1. The highest BCUT2D eigenvalue weighted by Gasteiger charge is 2.54. The molecule has 24 heteroatoms. The van der Waals surface area contributed by atoms with Gasteiger partial charge in [0, 0.05) is 70.2 Å². The lowest BCUT2D eigenvalue weighted by Crippen LogP contribution is -2.61. The zero-order chi connectivity index (χ0) is 58.2. The molecule has 0 radical (unpaired) electrons. The summed E-state index contributed by atoms with van der Waals surface area (Å²) in [5.41, 5.74) is 0.871. The minimum atomic E-state index is -2.12. The number of pyridine rings is 1. The number of carboxylic acid groups (broad SMARTS) is 1. The minimum absolute atomic E-state index is 0.0194. The number of methoxy groups -OCH3 is 1. The number of aryl methyl sites for hydroxylation is 1. The molecule has 78 heavy (non-hydrogen) atoms. The average Bonchev–Trinajstić information content (AvgIpc) is 3.42. The number of rotatable bonds is 19. The van der Waals surface area contributed by atoms with Crippen LogP contribution >= 0.6 is 0 Å². The molecule has 0 saturated carbocycles. The number of carbonyl (C=O) groups excluding carboxylic acids is 2. The van der Waals surface area contributed by atoms with Crippen LogP contribution in [-0.2, 0) is 53.9 Å². The number of carbonyl (C=O) groups is 3. The Morgan fingerprint density at radius 2 is 1.67 bits per heavy atom. The maximum Gasteiger partial charge on any atom is 0.407 e. The molecule has 1 unspecified atom stereocenters. The van der Waals surface area contributed by atoms with E-state index < -0.39 is 113 Å². The van der Waals surface area contributed by atoms with Crippen molar-refractivity contribution in [1.82, 2.24) is 14.9 Å². The van der Waals surface area contributed by atoms with Crippen LogP contribution in [0.4, 0.5) is 4.79 Å². The van der Waals surface area contributed by atoms with Gasteiger partial charge in [0.15, 0.2) is 25.4 Å². The maximum absolute atomic E-state index is 14.5. The molecule has 5 rings (SSSR count). The summed E-state index contributed by atoms with van der Waals surface area (Å²) >= 11 is 0. The number of nitrogens with two attached hydrogens (primary N) is 1. The fourth-order valence-corrected chi connectivity index (χ4v) is 11.2. The summed E-state index contributed by atoms with van der Waals surface area (Å²) < 4.78 is 51.7. The van der Waals surface area contributed by atoms with Crippen LogP contribution in [0.3, 0.4) is 0 Å². The van der Waals surface area contributed by atoms with Gasteiger partial charge in [-0.1, -0.05) is 32.0 Å². The van der Waals surface area contributed by atoms with E-state index in [4.69, 9.17) is 48.5 Å². The van der Waals surface area contributed by atoms with E-state index >= 15 is 0 Å². The number of ether oxygens (including phenoxy) is 8. The summed E-state index contributed by atoms with van der Waals surface area (Å²) in [5.74, 6) is -5.04. The highest BCUT2D eigenvalue weighted by atomic mass is 16.7. The van der Waals surface area contributed by atoms with E-state index in [0.29, 0.717) is 36.8 Å². The van der Waals surface area contributed by atoms with Crippen molar-refractivity contribution in [1.29, 1.82) is 0 Å². The number of hydrogen-bond donors (Lipinski definition) is 7. The number of aromatic carboxylic acids is 1. The first kappa shape index (κ1) is 64.3. The van der Waals surface area contributed by atoms with Gasteiger partial charge in [0.25, 0.3) is 0 Å². The Kier molecular flexibility index (Phi) is 22.5. The standard InChI is InChI=1S/C54H88N6O18/c1-15-39-54(9,69)45(63)41(57-72-28-55)29(2)25-52(7,68)46(77-50-43(62)38(58(10)11)23-30(3)73-50)31(4)44(32(5)49(66)75-39)76-40-26-53(8,70-14)47(33(6)74-40)78-51(67)56-20-22-71-21-16-17-34-18-19-37-35(24-34)42(61)36(48(64)65)27-60(37)59(12)13/h18-19,24,27,29-33,38-40,43-47,50,62-63,68-69H,15-17,20-23,25-26,28,55H2,1-14H3,(H,56,67)(H,64,65)/b57-41+/t29?,30-,31+,32-,33+,38+,39-,40+,43-,44+,45-,46-,47+,50+,52-,53-,54-/m1/s1. The fourth-order valence-electron chi connectivity index (χ4n) is 11.2. The molecule has 0 spiro atoms. The predicted molar refractivity (Wildman–Crippen MR) is 286 cm³/mol. The lowest BCUT2D eigenvalue weighted by Gasteiger charge is -2.49. The van der Waals surface area contributed by atoms with Crippen LogP contribution in [0.5, 0.6) is 0 Å². The molecule has 2 aromatic rings. The third-order valence-electron chi connectivity index (χ3n) is 15.6. The molecule has 1 aromatic carbocycles. The summed E-state index contributed by atoms with van der Waals surface area (Å²) in [5, 5.41) is 66.7. The number of nitrogens with one attached hydrogen (secondary N) is 1. The van der Waals surface area contributed by atoms with Gasteiger partial charge in [0.1, 0.15) is 35.1 Å². The van der Waals surface area contributed by atoms with E-state index in [-0.39, 0.29) is 62.6 Å². The number of carboxylic acids is 1. The molecule has 3 aliphatic rings. The first-order valence-corrected chi connectivity index (χ1v) is 26.9. The van der Waals surface area contributed by atoms with Crippen molar-refractivity contribution < 1.29 is 82.6 Å². The Bertz CT molecular complexity index is 2420. The number of oxime groups is 1. The molecule has 1 amide bonds. The molecule has 17 atom stereocenters. The van der Waals surface area contributed by atoms with Crippen LogP contribution in [0.2, 0.25) is 0 Å². The van der Waals surface area contributed by atoms with Crippen LogP contribution in [-0.4, -0.2) is 205 Å². The lowest BCUT2D eigenvalue weighted by atomic mass is 9.75. The number of aliphatic hydroxyl groups is 4. The molecular weight excluding hydrogens is 1020 g/mol. The van der Waals surface area contributed by atoms with Gasteiger partial charge in [-0.3, -0.25) is 20.0 Å². The fraction of sp³-hybridized carbons (Fsp3) is 0.759. The summed E-state index contributed by atoms with van der Waals surface area (Å²) in [4.78, 5) is 59.7. The monoisotopic (exact) mass is 1110 g/mol. The zero-order valence-corrected chi connectivity index (χ0v) is 47.9. The molecule has 0 aliphatic carbocycles. The van der Waals surface area contributed by atoms with Crippen LogP contribution in [0.25, 0.3) is 10.9 Å². The quantitative estimate of drug-likeness (QED) is 0.0460. The molecular formula is C54H88N6O18. The normalized spacial score (nSPS) is 35.8.